The monoisotopic (exact) mass is 441 g/mol. The maximum Gasteiger partial charge on any atom is 0.269 e. The average Bonchev–Trinajstić information content (AvgIpc) is 3.28. The molecule has 154 valence electrons. The van der Waals surface area contributed by atoms with E-state index >= 15 is 0 Å². The number of carbonyl (C=O) groups is 2. The van der Waals surface area contributed by atoms with Crippen molar-refractivity contribution in [3.8, 4) is 0 Å². The summed E-state index contributed by atoms with van der Waals surface area (Å²) in [4.78, 5) is 31.9. The largest absolute Gasteiger partial charge is 0.340 e. The lowest BCUT2D eigenvalue weighted by Gasteiger charge is -2.32. The van der Waals surface area contributed by atoms with Gasteiger partial charge in [0.1, 0.15) is 11.4 Å². The molecule has 0 spiro atoms. The summed E-state index contributed by atoms with van der Waals surface area (Å²) in [6.45, 7) is 0.561. The van der Waals surface area contributed by atoms with Crippen molar-refractivity contribution < 1.29 is 18.0 Å². The van der Waals surface area contributed by atoms with Gasteiger partial charge in [-0.25, -0.2) is 17.7 Å². The van der Waals surface area contributed by atoms with Crippen molar-refractivity contribution in [3.63, 3.8) is 0 Å². The van der Waals surface area contributed by atoms with Crippen LogP contribution in [-0.4, -0.2) is 54.1 Å². The number of piperidine rings is 1. The first-order valence-electron chi connectivity index (χ1n) is 9.74. The van der Waals surface area contributed by atoms with Crippen molar-refractivity contribution in [3.05, 3.63) is 59.1 Å². The highest BCUT2D eigenvalue weighted by Crippen LogP contribution is 2.34. The molecule has 0 N–H and O–H groups in total. The number of nitrogens with zero attached hydrogens (tertiary/aromatic N) is 3. The second-order valence-electron chi connectivity index (χ2n) is 7.51. The van der Waals surface area contributed by atoms with E-state index in [1.54, 1.807) is 28.4 Å². The molecule has 2 amide bonds. The maximum atomic E-state index is 12.9. The molecule has 2 aliphatic heterocycles. The predicted molar refractivity (Wildman–Crippen MR) is 113 cm³/mol. The highest BCUT2D eigenvalue weighted by atomic mass is 32.2. The zero-order valence-electron chi connectivity index (χ0n) is 16.0. The van der Waals surface area contributed by atoms with Gasteiger partial charge in [-0.15, -0.1) is 11.3 Å². The third-order valence-corrected chi connectivity index (χ3v) is 8.61. The van der Waals surface area contributed by atoms with Crippen LogP contribution in [0.1, 0.15) is 34.1 Å². The number of para-hydroxylation sites is 1. The summed E-state index contributed by atoms with van der Waals surface area (Å²) < 4.78 is 27.3. The van der Waals surface area contributed by atoms with Gasteiger partial charge in [0, 0.05) is 19.0 Å². The third kappa shape index (κ3) is 3.09. The Balaban J connectivity index is 1.34. The Morgan fingerprint density at radius 1 is 1.13 bits per heavy atom. The molecule has 2 aliphatic rings. The minimum absolute atomic E-state index is 0.0335. The molecule has 3 heterocycles. The highest BCUT2D eigenvalue weighted by Gasteiger charge is 2.42. The summed E-state index contributed by atoms with van der Waals surface area (Å²) in [6, 6.07) is 14.0. The Kier molecular flexibility index (Phi) is 4.59. The number of carbonyl (C=O) groups excluding carboxylic acids is 2. The minimum atomic E-state index is -3.99. The number of hydrogen-bond acceptors (Lipinski definition) is 6. The van der Waals surface area contributed by atoms with Crippen LogP contribution in [0.5, 0.6) is 0 Å². The molecule has 0 saturated carbocycles. The Bertz CT molecular complexity index is 1240. The zero-order valence-corrected chi connectivity index (χ0v) is 17.7. The van der Waals surface area contributed by atoms with Crippen LogP contribution in [0, 0.1) is 0 Å². The number of likely N-dealkylation sites (tertiary alicyclic amines) is 1. The van der Waals surface area contributed by atoms with Crippen molar-refractivity contribution in [2.24, 2.45) is 0 Å². The molecule has 1 saturated heterocycles. The number of hydrogen-bond donors (Lipinski definition) is 0. The van der Waals surface area contributed by atoms with Crippen LogP contribution >= 0.6 is 11.3 Å². The van der Waals surface area contributed by atoms with Gasteiger partial charge in [-0.2, -0.15) is 0 Å². The van der Waals surface area contributed by atoms with Crippen LogP contribution in [0.4, 0.5) is 0 Å². The average molecular weight is 442 g/mol. The summed E-state index contributed by atoms with van der Waals surface area (Å²) in [6.07, 6.45) is 1.74. The SMILES string of the molecule is O=C(CN1C(=O)c2ccccc2S1(=O)=O)N1CCC[C@H](c2nc3ccccc3s2)C1. The van der Waals surface area contributed by atoms with Crippen molar-refractivity contribution in [2.45, 2.75) is 23.7 Å². The van der Waals surface area contributed by atoms with E-state index in [1.165, 1.54) is 12.1 Å². The first-order chi connectivity index (χ1) is 14.4. The molecule has 5 rings (SSSR count). The standard InChI is InChI=1S/C21H19N3O4S2/c25-19(13-24-21(26)15-7-1-4-10-18(15)30(24,27)28)23-11-5-6-14(12-23)20-22-16-8-2-3-9-17(16)29-20/h1-4,7-10,14H,5-6,11-13H2/t14-/m0/s1. The lowest BCUT2D eigenvalue weighted by molar-refractivity contribution is -0.132. The number of rotatable bonds is 3. The van der Waals surface area contributed by atoms with E-state index in [9.17, 15) is 18.0 Å². The summed E-state index contributed by atoms with van der Waals surface area (Å²) in [5.74, 6) is -0.882. The van der Waals surface area contributed by atoms with E-state index < -0.39 is 22.5 Å². The topological polar surface area (TPSA) is 87.7 Å². The van der Waals surface area contributed by atoms with Gasteiger partial charge in [-0.3, -0.25) is 9.59 Å². The van der Waals surface area contributed by atoms with Gasteiger partial charge in [-0.1, -0.05) is 24.3 Å². The van der Waals surface area contributed by atoms with Crippen molar-refractivity contribution >= 4 is 43.4 Å². The molecule has 0 aliphatic carbocycles. The van der Waals surface area contributed by atoms with Crippen LogP contribution < -0.4 is 0 Å². The van der Waals surface area contributed by atoms with Gasteiger partial charge in [0.05, 0.1) is 20.8 Å². The van der Waals surface area contributed by atoms with E-state index in [-0.39, 0.29) is 22.3 Å². The summed E-state index contributed by atoms with van der Waals surface area (Å²) in [5, 5.41) is 0.992. The van der Waals surface area contributed by atoms with Crippen molar-refractivity contribution in [1.82, 2.24) is 14.2 Å². The quantitative estimate of drug-likeness (QED) is 0.624. The zero-order chi connectivity index (χ0) is 20.9. The Morgan fingerprint density at radius 3 is 2.70 bits per heavy atom. The van der Waals surface area contributed by atoms with E-state index in [0.29, 0.717) is 17.4 Å². The summed E-state index contributed by atoms with van der Waals surface area (Å²) in [5.41, 5.74) is 1.07. The fourth-order valence-electron chi connectivity index (χ4n) is 4.08. The number of aromatic nitrogens is 1. The fraction of sp³-hybridized carbons (Fsp3) is 0.286. The summed E-state index contributed by atoms with van der Waals surface area (Å²) >= 11 is 1.63. The lowest BCUT2D eigenvalue weighted by atomic mass is 9.98. The van der Waals surface area contributed by atoms with Crippen molar-refractivity contribution in [1.29, 1.82) is 0 Å². The van der Waals surface area contributed by atoms with Crippen LogP contribution in [0.2, 0.25) is 0 Å². The normalized spacial score (nSPS) is 20.5. The number of benzene rings is 2. The third-order valence-electron chi connectivity index (χ3n) is 5.62. The molecular weight excluding hydrogens is 422 g/mol. The van der Waals surface area contributed by atoms with Gasteiger partial charge in [0.25, 0.3) is 15.9 Å². The van der Waals surface area contributed by atoms with Gasteiger partial charge >= 0.3 is 0 Å². The van der Waals surface area contributed by atoms with Crippen molar-refractivity contribution in [2.75, 3.05) is 19.6 Å². The molecule has 7 nitrogen and oxygen atoms in total. The second kappa shape index (κ2) is 7.17. The Morgan fingerprint density at radius 2 is 1.90 bits per heavy atom. The Hall–Kier alpha value is -2.78. The molecule has 1 fully saturated rings. The van der Waals surface area contributed by atoms with E-state index in [0.717, 1.165) is 28.1 Å². The molecule has 2 aromatic carbocycles. The summed E-state index contributed by atoms with van der Waals surface area (Å²) in [7, 11) is -3.99. The molecule has 0 bridgehead atoms. The maximum absolute atomic E-state index is 12.9. The molecule has 9 heteroatoms. The first kappa shape index (κ1) is 19.2. The number of thiazole rings is 1. The van der Waals surface area contributed by atoms with Crippen LogP contribution in [0.3, 0.4) is 0 Å². The molecule has 3 aromatic rings. The van der Waals surface area contributed by atoms with E-state index in [2.05, 4.69) is 0 Å². The van der Waals surface area contributed by atoms with Gasteiger partial charge in [-0.05, 0) is 37.1 Å². The van der Waals surface area contributed by atoms with Crippen LogP contribution in [-0.2, 0) is 14.8 Å². The number of fused-ring (bicyclic) bond motifs is 2. The smallest absolute Gasteiger partial charge is 0.269 e. The van der Waals surface area contributed by atoms with Gasteiger partial charge in [0.2, 0.25) is 5.91 Å². The predicted octanol–water partition coefficient (Wildman–Crippen LogP) is 2.85. The molecule has 30 heavy (non-hydrogen) atoms. The van der Waals surface area contributed by atoms with E-state index in [4.69, 9.17) is 4.98 Å². The molecule has 1 atom stereocenters. The molecular formula is C21H19N3O4S2. The molecule has 0 unspecified atom stereocenters. The second-order valence-corrected chi connectivity index (χ2v) is 10.4. The first-order valence-corrected chi connectivity index (χ1v) is 12.0. The van der Waals surface area contributed by atoms with Gasteiger partial charge < -0.3 is 4.90 Å². The highest BCUT2D eigenvalue weighted by molar-refractivity contribution is 7.90. The number of amides is 2. The minimum Gasteiger partial charge on any atom is -0.340 e. The number of sulfonamides is 1. The molecule has 0 radical (unpaired) electrons. The van der Waals surface area contributed by atoms with Crippen LogP contribution in [0.25, 0.3) is 10.2 Å². The molecule has 1 aromatic heterocycles. The van der Waals surface area contributed by atoms with E-state index in [1.807, 2.05) is 24.3 Å². The Labute approximate surface area is 178 Å². The van der Waals surface area contributed by atoms with Gasteiger partial charge in [0.15, 0.2) is 0 Å². The lowest BCUT2D eigenvalue weighted by Crippen LogP contribution is -2.46. The van der Waals surface area contributed by atoms with Crippen LogP contribution in [0.15, 0.2) is 53.4 Å². The fourth-order valence-corrected chi connectivity index (χ4v) is 6.69.